The normalized spacial score (nSPS) is 24.1. The molecule has 1 amide bonds. The van der Waals surface area contributed by atoms with Crippen LogP contribution in [0, 0.1) is 5.92 Å². The number of piperidine rings is 1. The minimum absolute atomic E-state index is 0.00859. The van der Waals surface area contributed by atoms with E-state index in [2.05, 4.69) is 40.0 Å². The Kier molecular flexibility index (Phi) is 5.11. The molecular formula is C20H27N5O2. The average molecular weight is 369 g/mol. The second kappa shape index (κ2) is 7.68. The summed E-state index contributed by atoms with van der Waals surface area (Å²) >= 11 is 0. The van der Waals surface area contributed by atoms with Crippen LogP contribution in [-0.4, -0.2) is 58.1 Å². The number of hydrogen-bond donors (Lipinski definition) is 2. The number of amides is 1. The molecule has 2 aliphatic heterocycles. The Bertz CT molecular complexity index is 827. The summed E-state index contributed by atoms with van der Waals surface area (Å²) in [5.74, 6) is 1.74. The summed E-state index contributed by atoms with van der Waals surface area (Å²) in [5, 5.41) is 4.67. The molecule has 2 N–H and O–H groups in total. The lowest BCUT2D eigenvalue weighted by atomic mass is 9.91. The maximum atomic E-state index is 12.1. The molecule has 0 bridgehead atoms. The fourth-order valence-electron chi connectivity index (χ4n) is 4.39. The van der Waals surface area contributed by atoms with Gasteiger partial charge in [0.25, 0.3) is 0 Å². The predicted molar refractivity (Wildman–Crippen MR) is 105 cm³/mol. The van der Waals surface area contributed by atoms with E-state index in [1.54, 1.807) is 6.33 Å². The molecule has 2 aliphatic rings. The van der Waals surface area contributed by atoms with E-state index in [-0.39, 0.29) is 11.9 Å². The van der Waals surface area contributed by atoms with Crippen molar-refractivity contribution in [3.63, 3.8) is 0 Å². The standard InChI is InChI=1S/C20H27N5O2/c1-3-17(26)25-10-13(2)8-15(11-25)24-20-18-16(14-4-6-27-7-5-14)9-21-19(18)22-12-23-20/h3,9,12-15H,1,4-8,10-11H2,2H3,(H2,21,22,23,24)/t13-,15-/m1/s1. The molecule has 2 atom stereocenters. The number of carbonyl (C=O) groups excluding carboxylic acids is 1. The van der Waals surface area contributed by atoms with E-state index >= 15 is 0 Å². The van der Waals surface area contributed by atoms with Crippen molar-refractivity contribution < 1.29 is 9.53 Å². The third-order valence-corrected chi connectivity index (χ3v) is 5.65. The van der Waals surface area contributed by atoms with E-state index in [1.165, 1.54) is 11.6 Å². The molecule has 4 heterocycles. The highest BCUT2D eigenvalue weighted by Crippen LogP contribution is 2.35. The van der Waals surface area contributed by atoms with E-state index in [0.29, 0.717) is 18.4 Å². The number of ether oxygens (including phenoxy) is 1. The van der Waals surface area contributed by atoms with Crippen molar-refractivity contribution in [2.75, 3.05) is 31.6 Å². The molecule has 2 saturated heterocycles. The zero-order valence-electron chi connectivity index (χ0n) is 15.8. The molecule has 0 spiro atoms. The summed E-state index contributed by atoms with van der Waals surface area (Å²) < 4.78 is 5.52. The first kappa shape index (κ1) is 18.0. The van der Waals surface area contributed by atoms with E-state index < -0.39 is 0 Å². The van der Waals surface area contributed by atoms with Crippen molar-refractivity contribution >= 4 is 22.8 Å². The van der Waals surface area contributed by atoms with Crippen molar-refractivity contribution in [2.24, 2.45) is 5.92 Å². The third-order valence-electron chi connectivity index (χ3n) is 5.65. The number of carbonyl (C=O) groups is 1. The minimum atomic E-state index is -0.00859. The van der Waals surface area contributed by atoms with Crippen LogP contribution in [0.1, 0.15) is 37.7 Å². The third kappa shape index (κ3) is 3.69. The number of H-pyrrole nitrogens is 1. The number of fused-ring (bicyclic) bond motifs is 1. The molecule has 4 rings (SSSR count). The van der Waals surface area contributed by atoms with Crippen molar-refractivity contribution in [1.29, 1.82) is 0 Å². The lowest BCUT2D eigenvalue weighted by molar-refractivity contribution is -0.127. The predicted octanol–water partition coefficient (Wildman–Crippen LogP) is 2.69. The van der Waals surface area contributed by atoms with Gasteiger partial charge in [-0.3, -0.25) is 4.79 Å². The van der Waals surface area contributed by atoms with Crippen LogP contribution in [0.5, 0.6) is 0 Å². The Morgan fingerprint density at radius 3 is 2.96 bits per heavy atom. The maximum absolute atomic E-state index is 12.1. The second-order valence-electron chi connectivity index (χ2n) is 7.71. The zero-order chi connectivity index (χ0) is 18.8. The second-order valence-corrected chi connectivity index (χ2v) is 7.71. The summed E-state index contributed by atoms with van der Waals surface area (Å²) in [6, 6.07) is 0.160. The van der Waals surface area contributed by atoms with Gasteiger partial charge in [-0.2, -0.15) is 0 Å². The van der Waals surface area contributed by atoms with Gasteiger partial charge in [0.05, 0.1) is 5.39 Å². The van der Waals surface area contributed by atoms with Crippen LogP contribution in [0.15, 0.2) is 25.2 Å². The van der Waals surface area contributed by atoms with Gasteiger partial charge in [0.2, 0.25) is 5.91 Å². The van der Waals surface area contributed by atoms with E-state index in [4.69, 9.17) is 4.74 Å². The van der Waals surface area contributed by atoms with Crippen LogP contribution < -0.4 is 5.32 Å². The lowest BCUT2D eigenvalue weighted by Gasteiger charge is -2.36. The summed E-state index contributed by atoms with van der Waals surface area (Å²) in [7, 11) is 0. The van der Waals surface area contributed by atoms with Gasteiger partial charge in [0.15, 0.2) is 0 Å². The van der Waals surface area contributed by atoms with Crippen molar-refractivity contribution in [2.45, 2.75) is 38.1 Å². The number of likely N-dealkylation sites (tertiary alicyclic amines) is 1. The van der Waals surface area contributed by atoms with Crippen molar-refractivity contribution in [3.05, 3.63) is 30.7 Å². The molecular weight excluding hydrogens is 342 g/mol. The summed E-state index contributed by atoms with van der Waals surface area (Å²) in [6.07, 6.45) is 8.09. The Morgan fingerprint density at radius 1 is 1.37 bits per heavy atom. The van der Waals surface area contributed by atoms with Crippen LogP contribution in [0.25, 0.3) is 11.0 Å². The minimum Gasteiger partial charge on any atom is -0.381 e. The molecule has 0 aliphatic carbocycles. The topological polar surface area (TPSA) is 83.1 Å². The highest BCUT2D eigenvalue weighted by molar-refractivity contribution is 5.91. The van der Waals surface area contributed by atoms with Gasteiger partial charge in [-0.05, 0) is 42.7 Å². The molecule has 0 saturated carbocycles. The van der Waals surface area contributed by atoms with E-state index in [1.807, 2.05) is 4.90 Å². The van der Waals surface area contributed by atoms with Crippen LogP contribution in [-0.2, 0) is 9.53 Å². The lowest BCUT2D eigenvalue weighted by Crippen LogP contribution is -2.47. The molecule has 0 aromatic carbocycles. The van der Waals surface area contributed by atoms with Crippen LogP contribution in [0.2, 0.25) is 0 Å². The zero-order valence-corrected chi connectivity index (χ0v) is 15.8. The quantitative estimate of drug-likeness (QED) is 0.810. The summed E-state index contributed by atoms with van der Waals surface area (Å²) in [6.45, 7) is 8.84. The first-order valence-electron chi connectivity index (χ1n) is 9.73. The number of nitrogens with one attached hydrogen (secondary N) is 2. The monoisotopic (exact) mass is 369 g/mol. The molecule has 0 radical (unpaired) electrons. The molecule has 2 aromatic heterocycles. The van der Waals surface area contributed by atoms with Gasteiger partial charge in [-0.1, -0.05) is 13.5 Å². The van der Waals surface area contributed by atoms with Crippen LogP contribution in [0.4, 0.5) is 5.82 Å². The highest BCUT2D eigenvalue weighted by atomic mass is 16.5. The van der Waals surface area contributed by atoms with Gasteiger partial charge in [-0.25, -0.2) is 9.97 Å². The van der Waals surface area contributed by atoms with Gasteiger partial charge in [0, 0.05) is 38.5 Å². The maximum Gasteiger partial charge on any atom is 0.246 e. The Hall–Kier alpha value is -2.41. The molecule has 7 nitrogen and oxygen atoms in total. The summed E-state index contributed by atoms with van der Waals surface area (Å²) in [4.78, 5) is 26.2. The average Bonchev–Trinajstić information content (AvgIpc) is 3.13. The number of aromatic nitrogens is 3. The smallest absolute Gasteiger partial charge is 0.246 e. The Balaban J connectivity index is 1.60. The van der Waals surface area contributed by atoms with Crippen LogP contribution in [0.3, 0.4) is 0 Å². The van der Waals surface area contributed by atoms with E-state index in [0.717, 1.165) is 55.9 Å². The fourth-order valence-corrected chi connectivity index (χ4v) is 4.39. The number of hydrogen-bond acceptors (Lipinski definition) is 5. The van der Waals surface area contributed by atoms with Gasteiger partial charge < -0.3 is 19.9 Å². The van der Waals surface area contributed by atoms with Crippen molar-refractivity contribution in [3.8, 4) is 0 Å². The first-order valence-corrected chi connectivity index (χ1v) is 9.73. The Labute approximate surface area is 159 Å². The molecule has 144 valence electrons. The number of anilines is 1. The largest absolute Gasteiger partial charge is 0.381 e. The molecule has 2 aromatic rings. The van der Waals surface area contributed by atoms with Gasteiger partial charge >= 0.3 is 0 Å². The number of rotatable bonds is 4. The molecule has 0 unspecified atom stereocenters. The number of nitrogens with zero attached hydrogens (tertiary/aromatic N) is 3. The molecule has 2 fully saturated rings. The molecule has 7 heteroatoms. The SMILES string of the molecule is C=CC(=O)N1C[C@H](C)C[C@@H](Nc2ncnc3[nH]cc(C4CCOCC4)c23)C1. The molecule has 27 heavy (non-hydrogen) atoms. The van der Waals surface area contributed by atoms with Crippen molar-refractivity contribution in [1.82, 2.24) is 19.9 Å². The summed E-state index contributed by atoms with van der Waals surface area (Å²) in [5.41, 5.74) is 2.12. The van der Waals surface area contributed by atoms with Gasteiger partial charge in [-0.15, -0.1) is 0 Å². The van der Waals surface area contributed by atoms with E-state index in [9.17, 15) is 4.79 Å². The number of aromatic amines is 1. The fraction of sp³-hybridized carbons (Fsp3) is 0.550. The highest BCUT2D eigenvalue weighted by Gasteiger charge is 2.28. The Morgan fingerprint density at radius 2 is 2.19 bits per heavy atom. The van der Waals surface area contributed by atoms with Gasteiger partial charge in [0.1, 0.15) is 17.8 Å². The first-order chi connectivity index (χ1) is 13.2. The van der Waals surface area contributed by atoms with Crippen LogP contribution >= 0.6 is 0 Å².